The fourth-order valence-electron chi connectivity index (χ4n) is 1.77. The summed E-state index contributed by atoms with van der Waals surface area (Å²) in [4.78, 5) is 11.4. The van der Waals surface area contributed by atoms with Crippen LogP contribution in [0, 0.1) is 0 Å². The molecule has 1 aromatic rings. The Labute approximate surface area is 119 Å². The van der Waals surface area contributed by atoms with Crippen LogP contribution in [0.2, 0.25) is 5.02 Å². The van der Waals surface area contributed by atoms with Crippen molar-refractivity contribution in [3.8, 4) is 0 Å². The first kappa shape index (κ1) is 16.0. The molecule has 1 amide bonds. The van der Waals surface area contributed by atoms with E-state index >= 15 is 0 Å². The predicted octanol–water partition coefficient (Wildman–Crippen LogP) is 1.64. The molecule has 0 spiro atoms. The fourth-order valence-corrected chi connectivity index (χ4v) is 2.13. The van der Waals surface area contributed by atoms with Gasteiger partial charge in [0.2, 0.25) is 5.91 Å². The molecule has 108 valence electrons. The Balaban J connectivity index is 2.33. The summed E-state index contributed by atoms with van der Waals surface area (Å²) < 4.78 is 1.80. The smallest absolute Gasteiger partial charge is 0.221 e. The molecule has 1 aromatic heterocycles. The van der Waals surface area contributed by atoms with Crippen LogP contribution >= 0.6 is 11.6 Å². The first-order valence-corrected chi connectivity index (χ1v) is 7.15. The Bertz CT molecular complexity index is 417. The van der Waals surface area contributed by atoms with E-state index in [0.717, 1.165) is 35.8 Å². The summed E-state index contributed by atoms with van der Waals surface area (Å²) in [5.41, 5.74) is 1.88. The number of aromatic nitrogens is 2. The summed E-state index contributed by atoms with van der Waals surface area (Å²) in [6.07, 6.45) is 2.27. The molecule has 0 aliphatic heterocycles. The molecule has 0 saturated heterocycles. The second-order valence-corrected chi connectivity index (χ2v) is 4.84. The number of carbonyl (C=O) groups is 1. The summed E-state index contributed by atoms with van der Waals surface area (Å²) in [7, 11) is 1.88. The molecule has 0 aliphatic rings. The summed E-state index contributed by atoms with van der Waals surface area (Å²) in [5.74, 6) is 0.0831. The van der Waals surface area contributed by atoms with Crippen molar-refractivity contribution in [1.82, 2.24) is 20.4 Å². The van der Waals surface area contributed by atoms with Gasteiger partial charge in [0.25, 0.3) is 0 Å². The third-order valence-electron chi connectivity index (χ3n) is 2.90. The van der Waals surface area contributed by atoms with E-state index in [0.29, 0.717) is 19.5 Å². The van der Waals surface area contributed by atoms with Gasteiger partial charge in [-0.3, -0.25) is 9.48 Å². The van der Waals surface area contributed by atoms with Crippen LogP contribution in [0.3, 0.4) is 0 Å². The Morgan fingerprint density at radius 3 is 2.68 bits per heavy atom. The molecule has 0 bridgehead atoms. The van der Waals surface area contributed by atoms with Crippen LogP contribution < -0.4 is 10.6 Å². The number of hydrogen-bond donors (Lipinski definition) is 2. The lowest BCUT2D eigenvalue weighted by atomic mass is 10.3. The van der Waals surface area contributed by atoms with Crippen LogP contribution in [-0.2, 0) is 24.8 Å². The van der Waals surface area contributed by atoms with E-state index in [1.807, 2.05) is 20.9 Å². The zero-order valence-electron chi connectivity index (χ0n) is 11.9. The van der Waals surface area contributed by atoms with Gasteiger partial charge < -0.3 is 10.6 Å². The van der Waals surface area contributed by atoms with Crippen LogP contribution in [0.5, 0.6) is 0 Å². The van der Waals surface area contributed by atoms with Gasteiger partial charge in [-0.05, 0) is 12.8 Å². The van der Waals surface area contributed by atoms with Crippen molar-refractivity contribution in [3.05, 3.63) is 16.4 Å². The first-order valence-electron chi connectivity index (χ1n) is 6.77. The third-order valence-corrected chi connectivity index (χ3v) is 3.33. The minimum Gasteiger partial charge on any atom is -0.356 e. The average molecular weight is 287 g/mol. The third kappa shape index (κ3) is 4.84. The van der Waals surface area contributed by atoms with Crippen LogP contribution in [0.15, 0.2) is 0 Å². The molecule has 0 fully saturated rings. The van der Waals surface area contributed by atoms with Gasteiger partial charge in [0.1, 0.15) is 0 Å². The summed E-state index contributed by atoms with van der Waals surface area (Å²) >= 11 is 6.24. The van der Waals surface area contributed by atoms with Gasteiger partial charge in [-0.15, -0.1) is 0 Å². The SMILES string of the molecule is CCCNC(=O)CCNCc1c(Cl)c(CC)nn1C. The highest BCUT2D eigenvalue weighted by Crippen LogP contribution is 2.20. The fraction of sp³-hybridized carbons (Fsp3) is 0.692. The standard InChI is InChI=1S/C13H23ClN4O/c1-4-7-16-12(19)6-8-15-9-11-13(14)10(5-2)17-18(11)3/h15H,4-9H2,1-3H3,(H,16,19). The molecular formula is C13H23ClN4O. The molecule has 0 aliphatic carbocycles. The number of halogens is 1. The minimum atomic E-state index is 0.0831. The molecule has 0 atom stereocenters. The number of rotatable bonds is 8. The lowest BCUT2D eigenvalue weighted by Gasteiger charge is -2.06. The van der Waals surface area contributed by atoms with Crippen molar-refractivity contribution in [2.24, 2.45) is 7.05 Å². The molecule has 1 rings (SSSR count). The predicted molar refractivity (Wildman–Crippen MR) is 77.2 cm³/mol. The Morgan fingerprint density at radius 2 is 2.11 bits per heavy atom. The lowest BCUT2D eigenvalue weighted by molar-refractivity contribution is -0.120. The molecule has 2 N–H and O–H groups in total. The summed E-state index contributed by atoms with van der Waals surface area (Å²) in [5, 5.41) is 11.1. The largest absolute Gasteiger partial charge is 0.356 e. The molecular weight excluding hydrogens is 264 g/mol. The molecule has 0 aromatic carbocycles. The maximum Gasteiger partial charge on any atom is 0.221 e. The zero-order chi connectivity index (χ0) is 14.3. The van der Waals surface area contributed by atoms with Gasteiger partial charge in [-0.25, -0.2) is 0 Å². The zero-order valence-corrected chi connectivity index (χ0v) is 12.7. The highest BCUT2D eigenvalue weighted by Gasteiger charge is 2.12. The maximum atomic E-state index is 11.4. The van der Waals surface area contributed by atoms with Crippen molar-refractivity contribution >= 4 is 17.5 Å². The van der Waals surface area contributed by atoms with Crippen LogP contribution in [-0.4, -0.2) is 28.8 Å². The monoisotopic (exact) mass is 286 g/mol. The van der Waals surface area contributed by atoms with E-state index < -0.39 is 0 Å². The quantitative estimate of drug-likeness (QED) is 0.714. The van der Waals surface area contributed by atoms with Crippen LogP contribution in [0.4, 0.5) is 0 Å². The Kier molecular flexibility index (Phi) is 6.87. The molecule has 6 heteroatoms. The molecule has 0 unspecified atom stereocenters. The van der Waals surface area contributed by atoms with E-state index in [-0.39, 0.29) is 5.91 Å². The maximum absolute atomic E-state index is 11.4. The van der Waals surface area contributed by atoms with Gasteiger partial charge in [0, 0.05) is 33.1 Å². The second-order valence-electron chi connectivity index (χ2n) is 4.46. The normalized spacial score (nSPS) is 10.7. The van der Waals surface area contributed by atoms with Gasteiger partial charge in [-0.2, -0.15) is 5.10 Å². The van der Waals surface area contributed by atoms with E-state index in [4.69, 9.17) is 11.6 Å². The highest BCUT2D eigenvalue weighted by molar-refractivity contribution is 6.31. The molecule has 1 heterocycles. The van der Waals surface area contributed by atoms with E-state index in [1.165, 1.54) is 0 Å². The van der Waals surface area contributed by atoms with Crippen molar-refractivity contribution in [2.45, 2.75) is 39.7 Å². The van der Waals surface area contributed by atoms with Crippen molar-refractivity contribution < 1.29 is 4.79 Å². The van der Waals surface area contributed by atoms with E-state index in [9.17, 15) is 4.79 Å². The minimum absolute atomic E-state index is 0.0831. The summed E-state index contributed by atoms with van der Waals surface area (Å²) in [6.45, 7) is 6.08. The van der Waals surface area contributed by atoms with Gasteiger partial charge in [-0.1, -0.05) is 25.4 Å². The van der Waals surface area contributed by atoms with Crippen molar-refractivity contribution in [2.75, 3.05) is 13.1 Å². The Morgan fingerprint density at radius 1 is 1.37 bits per heavy atom. The molecule has 5 nitrogen and oxygen atoms in total. The number of aryl methyl sites for hydroxylation is 2. The van der Waals surface area contributed by atoms with Gasteiger partial charge in [0.15, 0.2) is 0 Å². The highest BCUT2D eigenvalue weighted by atomic mass is 35.5. The topological polar surface area (TPSA) is 59.0 Å². The number of amides is 1. The molecule has 0 saturated carbocycles. The average Bonchev–Trinajstić information content (AvgIpc) is 2.67. The second kappa shape index (κ2) is 8.17. The van der Waals surface area contributed by atoms with Gasteiger partial charge in [0.05, 0.1) is 16.4 Å². The van der Waals surface area contributed by atoms with Gasteiger partial charge >= 0.3 is 0 Å². The van der Waals surface area contributed by atoms with Crippen molar-refractivity contribution in [3.63, 3.8) is 0 Å². The van der Waals surface area contributed by atoms with Crippen molar-refractivity contribution in [1.29, 1.82) is 0 Å². The summed E-state index contributed by atoms with van der Waals surface area (Å²) in [6, 6.07) is 0. The van der Waals surface area contributed by atoms with Crippen LogP contribution in [0.25, 0.3) is 0 Å². The number of nitrogens with zero attached hydrogens (tertiary/aromatic N) is 2. The van der Waals surface area contributed by atoms with Crippen LogP contribution in [0.1, 0.15) is 38.1 Å². The van der Waals surface area contributed by atoms with E-state index in [2.05, 4.69) is 15.7 Å². The molecule has 0 radical (unpaired) electrons. The molecule has 19 heavy (non-hydrogen) atoms. The Hall–Kier alpha value is -1.07. The number of carbonyl (C=O) groups excluding carboxylic acids is 1. The lowest BCUT2D eigenvalue weighted by Crippen LogP contribution is -2.28. The first-order chi connectivity index (χ1) is 9.10. The number of nitrogens with one attached hydrogen (secondary N) is 2. The van der Waals surface area contributed by atoms with E-state index in [1.54, 1.807) is 4.68 Å². The number of hydrogen-bond acceptors (Lipinski definition) is 3.